The number of amides is 1. The lowest BCUT2D eigenvalue weighted by Crippen LogP contribution is -2.47. The van der Waals surface area contributed by atoms with Gasteiger partial charge in [-0.15, -0.1) is 0 Å². The maximum absolute atomic E-state index is 11.8. The average Bonchev–Trinajstić information content (AvgIpc) is 2.60. The third kappa shape index (κ3) is 5.06. The second-order valence-electron chi connectivity index (χ2n) is 5.74. The molecule has 0 spiro atoms. The molecule has 6 heteroatoms. The van der Waals surface area contributed by atoms with Gasteiger partial charge >= 0.3 is 12.1 Å². The van der Waals surface area contributed by atoms with Crippen LogP contribution in [0.5, 0.6) is 0 Å². The third-order valence-electron chi connectivity index (χ3n) is 3.79. The molecule has 2 aromatic carbocycles. The van der Waals surface area contributed by atoms with Crippen LogP contribution in [-0.2, 0) is 9.53 Å². The Morgan fingerprint density at radius 1 is 0.960 bits per heavy atom. The number of carbonyl (C=O) groups is 2. The fourth-order valence-electron chi connectivity index (χ4n) is 2.36. The Labute approximate surface area is 146 Å². The summed E-state index contributed by atoms with van der Waals surface area (Å²) in [6.45, 7) is 2.97. The van der Waals surface area contributed by atoms with Crippen LogP contribution < -0.4 is 5.32 Å². The molecule has 2 rings (SSSR count). The third-order valence-corrected chi connectivity index (χ3v) is 3.79. The molecule has 0 aliphatic heterocycles. The molecule has 0 aromatic heterocycles. The second kappa shape index (κ2) is 8.30. The number of carboxylic acids is 1. The van der Waals surface area contributed by atoms with Crippen LogP contribution in [-0.4, -0.2) is 34.4 Å². The minimum absolute atomic E-state index is 0.562. The Balaban J connectivity index is 1.99. The number of hydrogen-bond acceptors (Lipinski definition) is 4. The summed E-state index contributed by atoms with van der Waals surface area (Å²) in [5, 5.41) is 20.5. The molecule has 0 aliphatic carbocycles. The predicted octanol–water partition coefficient (Wildman–Crippen LogP) is 2.97. The first-order chi connectivity index (χ1) is 11.9. The SMILES string of the molecule is C[C@H](O)[C@@H](NC(=O)O[C@H](C)c1ccc(-c2ccccc2)cc1)C(=O)O. The van der Waals surface area contributed by atoms with Gasteiger partial charge in [0.15, 0.2) is 6.04 Å². The molecule has 3 atom stereocenters. The van der Waals surface area contributed by atoms with Crippen LogP contribution in [0.4, 0.5) is 4.79 Å². The van der Waals surface area contributed by atoms with Gasteiger partial charge in [0.05, 0.1) is 6.10 Å². The standard InChI is InChI=1S/C19H21NO5/c1-12(21)17(18(22)23)20-19(24)25-13(2)14-8-10-16(11-9-14)15-6-4-3-5-7-15/h3-13,17,21H,1-2H3,(H,20,24)(H,22,23)/t12-,13+,17+/m0/s1. The van der Waals surface area contributed by atoms with Crippen molar-refractivity contribution >= 4 is 12.1 Å². The van der Waals surface area contributed by atoms with Crippen LogP contribution in [0, 0.1) is 0 Å². The number of benzene rings is 2. The number of hydrogen-bond donors (Lipinski definition) is 3. The van der Waals surface area contributed by atoms with Crippen molar-refractivity contribution in [2.75, 3.05) is 0 Å². The Kier molecular flexibility index (Phi) is 6.14. The van der Waals surface area contributed by atoms with E-state index in [0.29, 0.717) is 0 Å². The van der Waals surface area contributed by atoms with E-state index in [-0.39, 0.29) is 0 Å². The normalized spacial score (nSPS) is 14.2. The lowest BCUT2D eigenvalue weighted by Gasteiger charge is -2.19. The van der Waals surface area contributed by atoms with Gasteiger partial charge in [-0.2, -0.15) is 0 Å². The molecule has 132 valence electrons. The fraction of sp³-hybridized carbons (Fsp3) is 0.263. The molecule has 6 nitrogen and oxygen atoms in total. The first-order valence-electron chi connectivity index (χ1n) is 7.92. The molecule has 0 aliphatic rings. The van der Waals surface area contributed by atoms with Gasteiger partial charge in [-0.1, -0.05) is 54.6 Å². The monoisotopic (exact) mass is 343 g/mol. The highest BCUT2D eigenvalue weighted by atomic mass is 16.6. The molecular formula is C19H21NO5. The van der Waals surface area contributed by atoms with Gasteiger partial charge in [-0.25, -0.2) is 9.59 Å². The van der Waals surface area contributed by atoms with Crippen molar-refractivity contribution in [2.24, 2.45) is 0 Å². The van der Waals surface area contributed by atoms with E-state index in [2.05, 4.69) is 5.32 Å². The largest absolute Gasteiger partial charge is 0.480 e. The van der Waals surface area contributed by atoms with Crippen molar-refractivity contribution in [3.8, 4) is 11.1 Å². The Hall–Kier alpha value is -2.86. The van der Waals surface area contributed by atoms with Crippen molar-refractivity contribution < 1.29 is 24.5 Å². The highest BCUT2D eigenvalue weighted by Gasteiger charge is 2.26. The number of ether oxygens (including phenoxy) is 1. The average molecular weight is 343 g/mol. The zero-order chi connectivity index (χ0) is 18.4. The smallest absolute Gasteiger partial charge is 0.408 e. The quantitative estimate of drug-likeness (QED) is 0.749. The number of carboxylic acid groups (broad SMARTS) is 1. The van der Waals surface area contributed by atoms with Crippen molar-refractivity contribution in [3.05, 3.63) is 60.2 Å². The van der Waals surface area contributed by atoms with E-state index in [1.54, 1.807) is 6.92 Å². The van der Waals surface area contributed by atoms with Gasteiger partial charge in [-0.3, -0.25) is 0 Å². The predicted molar refractivity (Wildman–Crippen MR) is 93.0 cm³/mol. The van der Waals surface area contributed by atoms with E-state index in [9.17, 15) is 14.7 Å². The first-order valence-corrected chi connectivity index (χ1v) is 7.92. The lowest BCUT2D eigenvalue weighted by molar-refractivity contribution is -0.142. The highest BCUT2D eigenvalue weighted by molar-refractivity contribution is 5.80. The van der Waals surface area contributed by atoms with E-state index < -0.39 is 30.3 Å². The van der Waals surface area contributed by atoms with E-state index in [1.165, 1.54) is 6.92 Å². The molecule has 0 saturated heterocycles. The molecule has 2 aromatic rings. The van der Waals surface area contributed by atoms with Crippen LogP contribution >= 0.6 is 0 Å². The summed E-state index contributed by atoms with van der Waals surface area (Å²) in [6.07, 6.45) is -2.69. The van der Waals surface area contributed by atoms with Crippen LogP contribution in [0.1, 0.15) is 25.5 Å². The molecule has 25 heavy (non-hydrogen) atoms. The summed E-state index contributed by atoms with van der Waals surface area (Å²) < 4.78 is 5.19. The van der Waals surface area contributed by atoms with Crippen molar-refractivity contribution in [2.45, 2.75) is 32.1 Å². The summed E-state index contributed by atoms with van der Waals surface area (Å²) >= 11 is 0. The number of aliphatic hydroxyl groups is 1. The number of aliphatic hydroxyl groups excluding tert-OH is 1. The number of aliphatic carboxylic acids is 1. The highest BCUT2D eigenvalue weighted by Crippen LogP contribution is 2.23. The summed E-state index contributed by atoms with van der Waals surface area (Å²) in [5.74, 6) is -1.33. The zero-order valence-corrected chi connectivity index (χ0v) is 14.0. The minimum Gasteiger partial charge on any atom is -0.480 e. The minimum atomic E-state index is -1.42. The summed E-state index contributed by atoms with van der Waals surface area (Å²) in [6, 6.07) is 16.0. The summed E-state index contributed by atoms with van der Waals surface area (Å²) in [5.41, 5.74) is 2.90. The molecule has 0 radical (unpaired) electrons. The summed E-state index contributed by atoms with van der Waals surface area (Å²) in [7, 11) is 0. The molecule has 3 N–H and O–H groups in total. The van der Waals surface area contributed by atoms with Crippen molar-refractivity contribution in [1.29, 1.82) is 0 Å². The maximum Gasteiger partial charge on any atom is 0.408 e. The van der Waals surface area contributed by atoms with Gasteiger partial charge in [0.25, 0.3) is 0 Å². The first kappa shape index (κ1) is 18.5. The van der Waals surface area contributed by atoms with Crippen molar-refractivity contribution in [1.82, 2.24) is 5.32 Å². The molecule has 0 saturated carbocycles. The van der Waals surface area contributed by atoms with Crippen LogP contribution in [0.2, 0.25) is 0 Å². The Bertz CT molecular complexity index is 712. The number of carbonyl (C=O) groups excluding carboxylic acids is 1. The molecule has 0 unspecified atom stereocenters. The van der Waals surface area contributed by atoms with Gasteiger partial charge in [0.1, 0.15) is 6.10 Å². The van der Waals surface area contributed by atoms with Gasteiger partial charge < -0.3 is 20.3 Å². The van der Waals surface area contributed by atoms with Gasteiger partial charge in [0, 0.05) is 0 Å². The fourth-order valence-corrected chi connectivity index (χ4v) is 2.36. The Morgan fingerprint density at radius 2 is 1.52 bits per heavy atom. The van der Waals surface area contributed by atoms with Crippen LogP contribution in [0.25, 0.3) is 11.1 Å². The topological polar surface area (TPSA) is 95.9 Å². The number of nitrogens with one attached hydrogen (secondary N) is 1. The van der Waals surface area contributed by atoms with Gasteiger partial charge in [0.2, 0.25) is 0 Å². The van der Waals surface area contributed by atoms with Gasteiger partial charge in [-0.05, 0) is 30.5 Å². The Morgan fingerprint density at radius 3 is 2.04 bits per heavy atom. The number of rotatable bonds is 6. The molecule has 0 heterocycles. The molecular weight excluding hydrogens is 322 g/mol. The van der Waals surface area contributed by atoms with Crippen LogP contribution in [0.3, 0.4) is 0 Å². The molecule has 0 bridgehead atoms. The van der Waals surface area contributed by atoms with E-state index in [1.807, 2.05) is 54.6 Å². The second-order valence-corrected chi connectivity index (χ2v) is 5.74. The summed E-state index contributed by atoms with van der Waals surface area (Å²) in [4.78, 5) is 22.8. The molecule has 0 fully saturated rings. The number of alkyl carbamates (subject to hydrolysis) is 1. The van der Waals surface area contributed by atoms with Crippen LogP contribution in [0.15, 0.2) is 54.6 Å². The van der Waals surface area contributed by atoms with Crippen molar-refractivity contribution in [3.63, 3.8) is 0 Å². The van der Waals surface area contributed by atoms with E-state index >= 15 is 0 Å². The van der Waals surface area contributed by atoms with E-state index in [4.69, 9.17) is 9.84 Å². The maximum atomic E-state index is 11.8. The zero-order valence-electron chi connectivity index (χ0n) is 14.0. The lowest BCUT2D eigenvalue weighted by atomic mass is 10.0. The van der Waals surface area contributed by atoms with E-state index in [0.717, 1.165) is 16.7 Å². The molecule has 1 amide bonds.